The van der Waals surface area contributed by atoms with Gasteiger partial charge in [0.1, 0.15) is 12.7 Å². The van der Waals surface area contributed by atoms with E-state index in [-0.39, 0.29) is 5.91 Å². The molecule has 0 unspecified atom stereocenters. The number of carbonyl (C=O) groups is 1. The maximum absolute atomic E-state index is 12.7. The van der Waals surface area contributed by atoms with Gasteiger partial charge < -0.3 is 15.1 Å². The van der Waals surface area contributed by atoms with E-state index in [1.165, 1.54) is 12.0 Å². The van der Waals surface area contributed by atoms with Gasteiger partial charge >= 0.3 is 0 Å². The highest BCUT2D eigenvalue weighted by Gasteiger charge is 2.17. The Morgan fingerprint density at radius 3 is 2.47 bits per heavy atom. The van der Waals surface area contributed by atoms with Gasteiger partial charge in [0, 0.05) is 43.1 Å². The predicted octanol–water partition coefficient (Wildman–Crippen LogP) is 3.03. The number of amides is 1. The number of piperazine rings is 1. The fraction of sp³-hybridized carbons (Fsp3) is 0.348. The van der Waals surface area contributed by atoms with Gasteiger partial charge in [-0.25, -0.2) is 9.67 Å². The molecule has 156 valence electrons. The van der Waals surface area contributed by atoms with Crippen LogP contribution in [0.3, 0.4) is 0 Å². The molecule has 0 bridgehead atoms. The zero-order chi connectivity index (χ0) is 20.9. The molecule has 1 aliphatic heterocycles. The fourth-order valence-corrected chi connectivity index (χ4v) is 3.76. The molecule has 7 nitrogen and oxygen atoms in total. The third-order valence-electron chi connectivity index (χ3n) is 5.67. The van der Waals surface area contributed by atoms with Crippen molar-refractivity contribution in [3.8, 4) is 0 Å². The SMILES string of the molecule is CCN1CCN(c2ccc(NC(=O)c3ccc(Cn4cncn4)cc3)c(C)c2)CC1. The van der Waals surface area contributed by atoms with E-state index >= 15 is 0 Å². The first-order valence-electron chi connectivity index (χ1n) is 10.4. The van der Waals surface area contributed by atoms with Gasteiger partial charge in [-0.15, -0.1) is 0 Å². The van der Waals surface area contributed by atoms with Gasteiger partial charge in [0.15, 0.2) is 0 Å². The summed E-state index contributed by atoms with van der Waals surface area (Å²) >= 11 is 0. The van der Waals surface area contributed by atoms with Crippen molar-refractivity contribution in [1.82, 2.24) is 19.7 Å². The van der Waals surface area contributed by atoms with Crippen molar-refractivity contribution in [2.24, 2.45) is 0 Å². The lowest BCUT2D eigenvalue weighted by molar-refractivity contribution is 0.102. The van der Waals surface area contributed by atoms with Crippen LogP contribution in [0.5, 0.6) is 0 Å². The number of likely N-dealkylation sites (N-methyl/N-ethyl adjacent to an activating group) is 1. The monoisotopic (exact) mass is 404 g/mol. The summed E-state index contributed by atoms with van der Waals surface area (Å²) in [7, 11) is 0. The average molecular weight is 405 g/mol. The first-order chi connectivity index (χ1) is 14.6. The van der Waals surface area contributed by atoms with Crippen LogP contribution >= 0.6 is 0 Å². The Morgan fingerprint density at radius 1 is 1.07 bits per heavy atom. The first-order valence-corrected chi connectivity index (χ1v) is 10.4. The number of nitrogens with zero attached hydrogens (tertiary/aromatic N) is 5. The van der Waals surface area contributed by atoms with Gasteiger partial charge in [-0.05, 0) is 54.9 Å². The van der Waals surface area contributed by atoms with Gasteiger partial charge in [0.05, 0.1) is 6.54 Å². The van der Waals surface area contributed by atoms with E-state index in [9.17, 15) is 4.79 Å². The molecule has 0 aliphatic carbocycles. The predicted molar refractivity (Wildman–Crippen MR) is 119 cm³/mol. The molecule has 1 amide bonds. The summed E-state index contributed by atoms with van der Waals surface area (Å²) in [5, 5.41) is 7.15. The van der Waals surface area contributed by atoms with Crippen molar-refractivity contribution in [2.45, 2.75) is 20.4 Å². The minimum atomic E-state index is -0.102. The molecule has 1 N–H and O–H groups in total. The Bertz CT molecular complexity index is 975. The number of benzene rings is 2. The van der Waals surface area contributed by atoms with Gasteiger partial charge in [-0.2, -0.15) is 5.10 Å². The molecule has 30 heavy (non-hydrogen) atoms. The van der Waals surface area contributed by atoms with Crippen molar-refractivity contribution < 1.29 is 4.79 Å². The van der Waals surface area contributed by atoms with E-state index in [1.807, 2.05) is 37.3 Å². The topological polar surface area (TPSA) is 66.3 Å². The van der Waals surface area contributed by atoms with Crippen LogP contribution in [0.2, 0.25) is 0 Å². The van der Waals surface area contributed by atoms with E-state index in [1.54, 1.807) is 11.0 Å². The summed E-state index contributed by atoms with van der Waals surface area (Å²) in [5.74, 6) is -0.102. The molecule has 1 saturated heterocycles. The van der Waals surface area contributed by atoms with Crippen LogP contribution in [0.25, 0.3) is 0 Å². The number of nitrogens with one attached hydrogen (secondary N) is 1. The molecule has 2 heterocycles. The Hall–Kier alpha value is -3.19. The normalized spacial score (nSPS) is 14.7. The fourth-order valence-electron chi connectivity index (χ4n) is 3.76. The first kappa shape index (κ1) is 20.1. The van der Waals surface area contributed by atoms with E-state index in [2.05, 4.69) is 44.3 Å². The summed E-state index contributed by atoms with van der Waals surface area (Å²) in [6.07, 6.45) is 3.19. The molecule has 3 aromatic rings. The van der Waals surface area contributed by atoms with Crippen molar-refractivity contribution in [3.63, 3.8) is 0 Å². The molecule has 1 aliphatic rings. The number of aryl methyl sites for hydroxylation is 1. The third-order valence-corrected chi connectivity index (χ3v) is 5.67. The zero-order valence-electron chi connectivity index (χ0n) is 17.6. The molecule has 2 aromatic carbocycles. The standard InChI is InChI=1S/C23H28N6O/c1-3-27-10-12-28(13-11-27)21-8-9-22(18(2)14-21)26-23(30)20-6-4-19(5-7-20)15-29-17-24-16-25-29/h4-9,14,16-17H,3,10-13,15H2,1-2H3,(H,26,30). The molecule has 1 aromatic heterocycles. The lowest BCUT2D eigenvalue weighted by Gasteiger charge is -2.35. The number of aromatic nitrogens is 3. The lowest BCUT2D eigenvalue weighted by atomic mass is 10.1. The summed E-state index contributed by atoms with van der Waals surface area (Å²) in [6, 6.07) is 13.9. The molecule has 7 heteroatoms. The maximum atomic E-state index is 12.7. The Labute approximate surface area is 177 Å². The van der Waals surface area contributed by atoms with E-state index in [0.717, 1.165) is 49.5 Å². The van der Waals surface area contributed by atoms with Gasteiger partial charge in [-0.1, -0.05) is 19.1 Å². The Morgan fingerprint density at radius 2 is 1.83 bits per heavy atom. The summed E-state index contributed by atoms with van der Waals surface area (Å²) in [6.45, 7) is 10.3. The van der Waals surface area contributed by atoms with Gasteiger partial charge in [-0.3, -0.25) is 4.79 Å². The lowest BCUT2D eigenvalue weighted by Crippen LogP contribution is -2.46. The van der Waals surface area contributed by atoms with Crippen LogP contribution in [0.1, 0.15) is 28.4 Å². The van der Waals surface area contributed by atoms with E-state index in [0.29, 0.717) is 12.1 Å². The van der Waals surface area contributed by atoms with Crippen LogP contribution in [0.15, 0.2) is 55.1 Å². The molecule has 0 spiro atoms. The van der Waals surface area contributed by atoms with Crippen molar-refractivity contribution in [1.29, 1.82) is 0 Å². The second-order valence-corrected chi connectivity index (χ2v) is 7.66. The van der Waals surface area contributed by atoms with E-state index < -0.39 is 0 Å². The maximum Gasteiger partial charge on any atom is 0.255 e. The third kappa shape index (κ3) is 4.68. The molecule has 4 rings (SSSR count). The smallest absolute Gasteiger partial charge is 0.255 e. The van der Waals surface area contributed by atoms with Crippen molar-refractivity contribution in [2.75, 3.05) is 42.9 Å². The zero-order valence-corrected chi connectivity index (χ0v) is 17.6. The summed E-state index contributed by atoms with van der Waals surface area (Å²) in [4.78, 5) is 21.5. The van der Waals surface area contributed by atoms with E-state index in [4.69, 9.17) is 0 Å². The second-order valence-electron chi connectivity index (χ2n) is 7.66. The minimum Gasteiger partial charge on any atom is -0.369 e. The van der Waals surface area contributed by atoms with Crippen LogP contribution in [-0.2, 0) is 6.54 Å². The van der Waals surface area contributed by atoms with Crippen LogP contribution in [-0.4, -0.2) is 58.3 Å². The van der Waals surface area contributed by atoms with Crippen molar-refractivity contribution >= 4 is 17.3 Å². The number of anilines is 2. The average Bonchev–Trinajstić information content (AvgIpc) is 3.29. The summed E-state index contributed by atoms with van der Waals surface area (Å²) < 4.78 is 1.75. The van der Waals surface area contributed by atoms with Gasteiger partial charge in [0.25, 0.3) is 5.91 Å². The summed E-state index contributed by atoms with van der Waals surface area (Å²) in [5.41, 5.74) is 4.85. The molecule has 0 radical (unpaired) electrons. The number of carbonyl (C=O) groups excluding carboxylic acids is 1. The largest absolute Gasteiger partial charge is 0.369 e. The minimum absolute atomic E-state index is 0.102. The number of rotatable bonds is 6. The highest BCUT2D eigenvalue weighted by Crippen LogP contribution is 2.24. The van der Waals surface area contributed by atoms with Gasteiger partial charge in [0.2, 0.25) is 0 Å². The highest BCUT2D eigenvalue weighted by molar-refractivity contribution is 6.04. The number of hydrogen-bond acceptors (Lipinski definition) is 5. The second kappa shape index (κ2) is 9.09. The van der Waals surface area contributed by atoms with Crippen LogP contribution < -0.4 is 10.2 Å². The molecule has 0 saturated carbocycles. The molecular weight excluding hydrogens is 376 g/mol. The number of hydrogen-bond donors (Lipinski definition) is 1. The molecular formula is C23H28N6O. The Kier molecular flexibility index (Phi) is 6.09. The van der Waals surface area contributed by atoms with Crippen LogP contribution in [0.4, 0.5) is 11.4 Å². The van der Waals surface area contributed by atoms with Crippen molar-refractivity contribution in [3.05, 3.63) is 71.8 Å². The quantitative estimate of drug-likeness (QED) is 0.684. The Balaban J connectivity index is 1.38. The molecule has 1 fully saturated rings. The molecule has 0 atom stereocenters. The highest BCUT2D eigenvalue weighted by atomic mass is 16.1. The van der Waals surface area contributed by atoms with Crippen LogP contribution in [0, 0.1) is 6.92 Å².